The zero-order chi connectivity index (χ0) is 14.1. The van der Waals surface area contributed by atoms with Gasteiger partial charge in [0.2, 0.25) is 0 Å². The smallest absolute Gasteiger partial charge is 0.161 e. The first kappa shape index (κ1) is 13.4. The van der Waals surface area contributed by atoms with Gasteiger partial charge >= 0.3 is 0 Å². The second-order valence-electron chi connectivity index (χ2n) is 4.40. The van der Waals surface area contributed by atoms with Gasteiger partial charge in [0, 0.05) is 5.56 Å². The van der Waals surface area contributed by atoms with Crippen molar-refractivity contribution in [3.05, 3.63) is 59.2 Å². The summed E-state index contributed by atoms with van der Waals surface area (Å²) in [4.78, 5) is -0.584. The van der Waals surface area contributed by atoms with Crippen molar-refractivity contribution < 1.29 is 18.3 Å². The van der Waals surface area contributed by atoms with Crippen molar-refractivity contribution in [2.24, 2.45) is 0 Å². The zero-order valence-electron chi connectivity index (χ0n) is 10.4. The normalized spacial score (nSPS) is 14.9. The lowest BCUT2D eigenvalue weighted by molar-refractivity contribution is 0.171. The molecule has 2 nitrogen and oxygen atoms in total. The molecule has 0 aromatic heterocycles. The van der Waals surface area contributed by atoms with Gasteiger partial charge < -0.3 is 9.47 Å². The number of hydrogen-bond donors (Lipinski definition) is 0. The predicted molar refractivity (Wildman–Crippen MR) is 74.6 cm³/mol. The maximum absolute atomic E-state index is 13.8. The summed E-state index contributed by atoms with van der Waals surface area (Å²) in [6.07, 6.45) is 0. The Morgan fingerprint density at radius 3 is 2.30 bits per heavy atom. The molecule has 0 bridgehead atoms. The molecular formula is C15H11BrF2O2. The van der Waals surface area contributed by atoms with Crippen LogP contribution >= 0.6 is 15.9 Å². The lowest BCUT2D eigenvalue weighted by Crippen LogP contribution is -2.15. The van der Waals surface area contributed by atoms with Gasteiger partial charge in [0.15, 0.2) is 11.5 Å². The number of fused-ring (bicyclic) bond motifs is 1. The fourth-order valence-corrected chi connectivity index (χ4v) is 2.86. The first-order valence-electron chi connectivity index (χ1n) is 6.14. The first-order chi connectivity index (χ1) is 9.66. The van der Waals surface area contributed by atoms with Crippen molar-refractivity contribution in [1.29, 1.82) is 0 Å². The van der Waals surface area contributed by atoms with E-state index < -0.39 is 16.5 Å². The Morgan fingerprint density at radius 2 is 1.60 bits per heavy atom. The van der Waals surface area contributed by atoms with Crippen molar-refractivity contribution in [2.75, 3.05) is 13.2 Å². The molecule has 0 amide bonds. The fourth-order valence-electron chi connectivity index (χ4n) is 2.14. The van der Waals surface area contributed by atoms with Gasteiger partial charge in [0.05, 0.1) is 4.83 Å². The molecular weight excluding hydrogens is 330 g/mol. The molecule has 0 aliphatic carbocycles. The van der Waals surface area contributed by atoms with Gasteiger partial charge in [-0.15, -0.1) is 0 Å². The highest BCUT2D eigenvalue weighted by atomic mass is 79.9. The quantitative estimate of drug-likeness (QED) is 0.762. The summed E-state index contributed by atoms with van der Waals surface area (Å²) in [6.45, 7) is 0.976. The van der Waals surface area contributed by atoms with E-state index in [9.17, 15) is 8.78 Å². The molecule has 0 saturated heterocycles. The SMILES string of the molecule is Fc1cccc(F)c1C(Br)c1ccc2c(c1)OCCO2. The highest BCUT2D eigenvalue weighted by molar-refractivity contribution is 9.09. The summed E-state index contributed by atoms with van der Waals surface area (Å²) in [5.41, 5.74) is 0.697. The molecule has 0 spiro atoms. The van der Waals surface area contributed by atoms with Crippen LogP contribution in [-0.2, 0) is 0 Å². The van der Waals surface area contributed by atoms with Gasteiger partial charge in [0.1, 0.15) is 24.8 Å². The van der Waals surface area contributed by atoms with E-state index in [0.29, 0.717) is 30.3 Å². The highest BCUT2D eigenvalue weighted by Crippen LogP contribution is 2.39. The lowest BCUT2D eigenvalue weighted by Gasteiger charge is -2.20. The number of rotatable bonds is 2. The molecule has 20 heavy (non-hydrogen) atoms. The Hall–Kier alpha value is -1.62. The van der Waals surface area contributed by atoms with Crippen LogP contribution in [0.15, 0.2) is 36.4 Å². The van der Waals surface area contributed by atoms with Gasteiger partial charge in [-0.1, -0.05) is 28.1 Å². The van der Waals surface area contributed by atoms with Crippen molar-refractivity contribution in [1.82, 2.24) is 0 Å². The average molecular weight is 341 g/mol. The molecule has 0 saturated carbocycles. The minimum absolute atomic E-state index is 0.0100. The second-order valence-corrected chi connectivity index (χ2v) is 5.32. The standard InChI is InChI=1S/C15H11BrF2O2/c16-15(14-10(17)2-1-3-11(14)18)9-4-5-12-13(8-9)20-7-6-19-12/h1-5,8,15H,6-7H2. The summed E-state index contributed by atoms with van der Waals surface area (Å²) in [5, 5.41) is 0. The Labute approximate surface area is 123 Å². The molecule has 1 aliphatic rings. The van der Waals surface area contributed by atoms with E-state index in [4.69, 9.17) is 9.47 Å². The van der Waals surface area contributed by atoms with E-state index in [-0.39, 0.29) is 5.56 Å². The molecule has 0 N–H and O–H groups in total. The van der Waals surface area contributed by atoms with Crippen LogP contribution in [0, 0.1) is 11.6 Å². The van der Waals surface area contributed by atoms with Crippen LogP contribution in [0.25, 0.3) is 0 Å². The van der Waals surface area contributed by atoms with Crippen molar-refractivity contribution in [3.63, 3.8) is 0 Å². The maximum atomic E-state index is 13.8. The molecule has 104 valence electrons. The van der Waals surface area contributed by atoms with Crippen LogP contribution in [0.4, 0.5) is 8.78 Å². The number of ether oxygens (including phenoxy) is 2. The van der Waals surface area contributed by atoms with E-state index in [1.54, 1.807) is 18.2 Å². The van der Waals surface area contributed by atoms with Crippen molar-refractivity contribution >= 4 is 15.9 Å². The van der Waals surface area contributed by atoms with E-state index in [0.717, 1.165) is 0 Å². The number of halogens is 3. The third-order valence-corrected chi connectivity index (χ3v) is 4.10. The van der Waals surface area contributed by atoms with Crippen LogP contribution in [0.3, 0.4) is 0 Å². The molecule has 1 unspecified atom stereocenters. The third-order valence-electron chi connectivity index (χ3n) is 3.11. The Bertz CT molecular complexity index is 626. The van der Waals surface area contributed by atoms with Gasteiger partial charge in [0.25, 0.3) is 0 Å². The molecule has 1 atom stereocenters. The van der Waals surface area contributed by atoms with E-state index in [2.05, 4.69) is 15.9 Å². The molecule has 3 rings (SSSR count). The number of alkyl halides is 1. The predicted octanol–water partition coefficient (Wildman–Crippen LogP) is 4.22. The highest BCUT2D eigenvalue weighted by Gasteiger charge is 2.21. The second kappa shape index (κ2) is 5.40. The Balaban J connectivity index is 2.00. The summed E-state index contributed by atoms with van der Waals surface area (Å²) in [7, 11) is 0. The molecule has 0 fully saturated rings. The van der Waals surface area contributed by atoms with Crippen LogP contribution in [0.1, 0.15) is 16.0 Å². The van der Waals surface area contributed by atoms with Gasteiger partial charge in [-0.05, 0) is 29.8 Å². The van der Waals surface area contributed by atoms with E-state index in [1.807, 2.05) is 0 Å². The summed E-state index contributed by atoms with van der Waals surface area (Å²) in [5.74, 6) is 0.0761. The van der Waals surface area contributed by atoms with Crippen LogP contribution in [0.2, 0.25) is 0 Å². The molecule has 2 aromatic carbocycles. The monoisotopic (exact) mass is 340 g/mol. The average Bonchev–Trinajstić information content (AvgIpc) is 2.46. The first-order valence-corrected chi connectivity index (χ1v) is 7.06. The minimum atomic E-state index is -0.584. The Morgan fingerprint density at radius 1 is 0.950 bits per heavy atom. The fraction of sp³-hybridized carbons (Fsp3) is 0.200. The number of benzene rings is 2. The topological polar surface area (TPSA) is 18.5 Å². The number of hydrogen-bond acceptors (Lipinski definition) is 2. The van der Waals surface area contributed by atoms with Crippen LogP contribution in [0.5, 0.6) is 11.5 Å². The summed E-state index contributed by atoms with van der Waals surface area (Å²) in [6, 6.07) is 9.07. The Kier molecular flexibility index (Phi) is 3.61. The summed E-state index contributed by atoms with van der Waals surface area (Å²) >= 11 is 3.35. The van der Waals surface area contributed by atoms with Crippen molar-refractivity contribution in [2.45, 2.75) is 4.83 Å². The molecule has 1 aliphatic heterocycles. The minimum Gasteiger partial charge on any atom is -0.486 e. The molecule has 0 radical (unpaired) electrons. The van der Waals surface area contributed by atoms with E-state index >= 15 is 0 Å². The lowest BCUT2D eigenvalue weighted by atomic mass is 10.0. The van der Waals surface area contributed by atoms with Crippen LogP contribution < -0.4 is 9.47 Å². The van der Waals surface area contributed by atoms with E-state index in [1.165, 1.54) is 18.2 Å². The molecule has 5 heteroatoms. The van der Waals surface area contributed by atoms with Gasteiger partial charge in [-0.25, -0.2) is 8.78 Å². The van der Waals surface area contributed by atoms with Gasteiger partial charge in [-0.3, -0.25) is 0 Å². The van der Waals surface area contributed by atoms with Crippen molar-refractivity contribution in [3.8, 4) is 11.5 Å². The third kappa shape index (κ3) is 2.38. The largest absolute Gasteiger partial charge is 0.486 e. The molecule has 2 aromatic rings. The van der Waals surface area contributed by atoms with Crippen LogP contribution in [-0.4, -0.2) is 13.2 Å². The van der Waals surface area contributed by atoms with Gasteiger partial charge in [-0.2, -0.15) is 0 Å². The zero-order valence-corrected chi connectivity index (χ0v) is 12.0. The maximum Gasteiger partial charge on any atom is 0.161 e. The summed E-state index contributed by atoms with van der Waals surface area (Å²) < 4.78 is 38.5. The molecule has 1 heterocycles.